The van der Waals surface area contributed by atoms with E-state index in [2.05, 4.69) is 5.32 Å². The molecule has 0 aliphatic carbocycles. The van der Waals surface area contributed by atoms with Gasteiger partial charge in [-0.1, -0.05) is 12.1 Å². The van der Waals surface area contributed by atoms with Crippen molar-refractivity contribution in [1.29, 1.82) is 0 Å². The van der Waals surface area contributed by atoms with Crippen molar-refractivity contribution in [2.24, 2.45) is 0 Å². The number of benzene rings is 1. The van der Waals surface area contributed by atoms with Gasteiger partial charge < -0.3 is 20.1 Å². The summed E-state index contributed by atoms with van der Waals surface area (Å²) in [4.78, 5) is 10.3. The van der Waals surface area contributed by atoms with Crippen LogP contribution >= 0.6 is 0 Å². The first kappa shape index (κ1) is 15.7. The average molecular weight is 265 g/mol. The number of carbonyl (C=O) groups is 1. The van der Waals surface area contributed by atoms with Crippen LogP contribution in [-0.4, -0.2) is 34.9 Å². The maximum Gasteiger partial charge on any atom is 0.491 e. The lowest BCUT2D eigenvalue weighted by Gasteiger charge is -2.38. The van der Waals surface area contributed by atoms with E-state index in [4.69, 9.17) is 4.65 Å². The minimum atomic E-state index is -1.15. The first-order valence-corrected chi connectivity index (χ1v) is 6.06. The molecule has 0 atom stereocenters. The Balaban J connectivity index is 2.78. The Labute approximate surface area is 113 Å². The Morgan fingerprint density at radius 1 is 1.21 bits per heavy atom. The highest BCUT2D eigenvalue weighted by atomic mass is 16.5. The maximum atomic E-state index is 10.3. The van der Waals surface area contributed by atoms with Gasteiger partial charge in [0.15, 0.2) is 0 Å². The highest BCUT2D eigenvalue weighted by Gasteiger charge is 2.39. The van der Waals surface area contributed by atoms with Gasteiger partial charge in [0.05, 0.1) is 11.2 Å². The van der Waals surface area contributed by atoms with Crippen LogP contribution in [-0.2, 0) is 9.45 Å². The lowest BCUT2D eigenvalue weighted by molar-refractivity contribution is -0.105. The van der Waals surface area contributed by atoms with E-state index >= 15 is 0 Å². The van der Waals surface area contributed by atoms with Crippen molar-refractivity contribution in [1.82, 2.24) is 0 Å². The SMILES string of the molecule is CC(C)(O)C(C)(C)OB(O)c1ccc(NC=O)cc1. The largest absolute Gasteiger partial charge is 0.491 e. The van der Waals surface area contributed by atoms with Crippen LogP contribution in [0, 0.1) is 0 Å². The van der Waals surface area contributed by atoms with Gasteiger partial charge in [-0.3, -0.25) is 4.79 Å². The van der Waals surface area contributed by atoms with Gasteiger partial charge in [0.2, 0.25) is 6.41 Å². The number of aliphatic hydroxyl groups is 1. The molecular formula is C13H20BNO4. The molecule has 1 aromatic carbocycles. The molecule has 1 rings (SSSR count). The van der Waals surface area contributed by atoms with Crippen molar-refractivity contribution >= 4 is 24.7 Å². The quantitative estimate of drug-likeness (QED) is 0.517. The monoisotopic (exact) mass is 265 g/mol. The Morgan fingerprint density at radius 2 is 1.74 bits per heavy atom. The number of carbonyl (C=O) groups excluding carboxylic acids is 1. The summed E-state index contributed by atoms with van der Waals surface area (Å²) in [6.07, 6.45) is 0.583. The maximum absolute atomic E-state index is 10.3. The number of anilines is 1. The van der Waals surface area contributed by atoms with E-state index in [0.29, 0.717) is 17.6 Å². The van der Waals surface area contributed by atoms with Crippen molar-refractivity contribution < 1.29 is 19.6 Å². The summed E-state index contributed by atoms with van der Waals surface area (Å²) in [5.41, 5.74) is -0.819. The lowest BCUT2D eigenvalue weighted by atomic mass is 9.76. The number of hydrogen-bond donors (Lipinski definition) is 3. The van der Waals surface area contributed by atoms with Crippen LogP contribution in [0.4, 0.5) is 5.69 Å². The Bertz CT molecular complexity index is 425. The third kappa shape index (κ3) is 4.06. The summed E-state index contributed by atoms with van der Waals surface area (Å²) < 4.78 is 5.50. The second kappa shape index (κ2) is 5.73. The molecule has 5 nitrogen and oxygen atoms in total. The van der Waals surface area contributed by atoms with E-state index in [1.807, 2.05) is 0 Å². The Kier molecular flexibility index (Phi) is 4.73. The molecule has 0 aliphatic rings. The van der Waals surface area contributed by atoms with Crippen LogP contribution in [0.1, 0.15) is 27.7 Å². The third-order valence-electron chi connectivity index (χ3n) is 3.30. The fourth-order valence-electron chi connectivity index (χ4n) is 1.30. The van der Waals surface area contributed by atoms with Crippen LogP contribution in [0.25, 0.3) is 0 Å². The molecule has 19 heavy (non-hydrogen) atoms. The highest BCUT2D eigenvalue weighted by molar-refractivity contribution is 6.60. The zero-order valence-electron chi connectivity index (χ0n) is 11.7. The molecule has 0 aliphatic heterocycles. The number of nitrogens with one attached hydrogen (secondary N) is 1. The van der Waals surface area contributed by atoms with Crippen molar-refractivity contribution in [3.63, 3.8) is 0 Å². The second-order valence-electron chi connectivity index (χ2n) is 5.42. The predicted molar refractivity (Wildman–Crippen MR) is 75.2 cm³/mol. The fraction of sp³-hybridized carbons (Fsp3) is 0.462. The Morgan fingerprint density at radius 3 is 2.16 bits per heavy atom. The van der Waals surface area contributed by atoms with Crippen molar-refractivity contribution in [3.8, 4) is 0 Å². The zero-order valence-corrected chi connectivity index (χ0v) is 11.7. The summed E-state index contributed by atoms with van der Waals surface area (Å²) in [6.45, 7) is 6.66. The van der Waals surface area contributed by atoms with Crippen LogP contribution in [0.5, 0.6) is 0 Å². The van der Waals surface area contributed by atoms with E-state index in [1.165, 1.54) is 0 Å². The molecule has 0 unspecified atom stereocenters. The third-order valence-corrected chi connectivity index (χ3v) is 3.30. The average Bonchev–Trinajstić information content (AvgIpc) is 2.28. The zero-order chi connectivity index (χ0) is 14.7. The van der Waals surface area contributed by atoms with Gasteiger partial charge in [0.25, 0.3) is 0 Å². The summed E-state index contributed by atoms with van der Waals surface area (Å²) in [5.74, 6) is 0. The molecule has 104 valence electrons. The molecule has 0 radical (unpaired) electrons. The highest BCUT2D eigenvalue weighted by Crippen LogP contribution is 2.25. The summed E-state index contributed by atoms with van der Waals surface area (Å²) in [7, 11) is -1.15. The molecular weight excluding hydrogens is 245 g/mol. The number of amides is 1. The van der Waals surface area contributed by atoms with Crippen molar-refractivity contribution in [3.05, 3.63) is 24.3 Å². The van der Waals surface area contributed by atoms with E-state index in [1.54, 1.807) is 52.0 Å². The van der Waals surface area contributed by atoms with Crippen molar-refractivity contribution in [2.45, 2.75) is 38.9 Å². The fourth-order valence-corrected chi connectivity index (χ4v) is 1.30. The number of rotatable bonds is 6. The van der Waals surface area contributed by atoms with Gasteiger partial charge in [-0.25, -0.2) is 0 Å². The van der Waals surface area contributed by atoms with Gasteiger partial charge in [0.1, 0.15) is 0 Å². The first-order chi connectivity index (χ1) is 8.67. The Hall–Kier alpha value is -1.37. The van der Waals surface area contributed by atoms with Gasteiger partial charge in [-0.2, -0.15) is 0 Å². The normalized spacial score (nSPS) is 12.1. The van der Waals surface area contributed by atoms with Crippen molar-refractivity contribution in [2.75, 3.05) is 5.32 Å². The van der Waals surface area contributed by atoms with Gasteiger partial charge in [-0.15, -0.1) is 0 Å². The molecule has 3 N–H and O–H groups in total. The molecule has 0 bridgehead atoms. The summed E-state index contributed by atoms with van der Waals surface area (Å²) >= 11 is 0. The van der Waals surface area contributed by atoms with E-state index in [-0.39, 0.29) is 0 Å². The molecule has 0 saturated carbocycles. The van der Waals surface area contributed by atoms with E-state index in [0.717, 1.165) is 0 Å². The lowest BCUT2D eigenvalue weighted by Crippen LogP contribution is -2.53. The van der Waals surface area contributed by atoms with Gasteiger partial charge >= 0.3 is 7.12 Å². The summed E-state index contributed by atoms with van der Waals surface area (Å²) in [6, 6.07) is 6.62. The molecule has 0 heterocycles. The molecule has 0 aromatic heterocycles. The number of hydrogen-bond acceptors (Lipinski definition) is 4. The van der Waals surface area contributed by atoms with Crippen LogP contribution in [0.15, 0.2) is 24.3 Å². The van der Waals surface area contributed by atoms with Crippen LogP contribution in [0.3, 0.4) is 0 Å². The minimum Gasteiger partial charge on any atom is -0.423 e. The second-order valence-corrected chi connectivity index (χ2v) is 5.42. The molecule has 6 heteroatoms. The molecule has 1 amide bonds. The van der Waals surface area contributed by atoms with Gasteiger partial charge in [0, 0.05) is 5.69 Å². The van der Waals surface area contributed by atoms with Crippen LogP contribution in [0.2, 0.25) is 0 Å². The smallest absolute Gasteiger partial charge is 0.423 e. The van der Waals surface area contributed by atoms with E-state index < -0.39 is 18.3 Å². The molecule has 0 spiro atoms. The molecule has 0 fully saturated rings. The van der Waals surface area contributed by atoms with E-state index in [9.17, 15) is 14.9 Å². The van der Waals surface area contributed by atoms with Crippen LogP contribution < -0.4 is 10.8 Å². The predicted octanol–water partition coefficient (Wildman–Crippen LogP) is 0.508. The summed E-state index contributed by atoms with van der Waals surface area (Å²) in [5, 5.41) is 22.5. The van der Waals surface area contributed by atoms with Gasteiger partial charge in [-0.05, 0) is 45.3 Å². The standard InChI is InChI=1S/C13H20BNO4/c1-12(2,17)13(3,4)19-14(18)10-5-7-11(8-6-10)15-9-16/h5-9,17-18H,1-4H3,(H,15,16). The minimum absolute atomic E-state index is 0.550. The first-order valence-electron chi connectivity index (χ1n) is 6.06. The molecule has 0 saturated heterocycles. The topological polar surface area (TPSA) is 78.8 Å². The molecule has 1 aromatic rings.